The molecule has 9 heteroatoms. The van der Waals surface area contributed by atoms with E-state index in [4.69, 9.17) is 11.6 Å². The second-order valence-corrected chi connectivity index (χ2v) is 4.89. The van der Waals surface area contributed by atoms with Gasteiger partial charge in [0.15, 0.2) is 0 Å². The standard InChI is InChI=1S/C14H8ClF3N2O3/c15-9-5-8(14(16,17)18)6-10(7-9)19-13(21)11-3-1-2-4-12(11)20(22)23/h1-7H,(H,19,21). The van der Waals surface area contributed by atoms with Crippen molar-refractivity contribution in [2.75, 3.05) is 5.32 Å². The molecule has 1 N–H and O–H groups in total. The summed E-state index contributed by atoms with van der Waals surface area (Å²) in [7, 11) is 0. The lowest BCUT2D eigenvalue weighted by atomic mass is 10.1. The van der Waals surface area contributed by atoms with Crippen molar-refractivity contribution in [3.63, 3.8) is 0 Å². The van der Waals surface area contributed by atoms with Gasteiger partial charge in [-0.3, -0.25) is 14.9 Å². The monoisotopic (exact) mass is 344 g/mol. The Bertz CT molecular complexity index is 778. The van der Waals surface area contributed by atoms with Gasteiger partial charge in [0, 0.05) is 16.8 Å². The van der Waals surface area contributed by atoms with Crippen molar-refractivity contribution in [2.24, 2.45) is 0 Å². The summed E-state index contributed by atoms with van der Waals surface area (Å²) in [5, 5.41) is 12.8. The largest absolute Gasteiger partial charge is 0.416 e. The van der Waals surface area contributed by atoms with Crippen LogP contribution in [0.25, 0.3) is 0 Å². The Morgan fingerprint density at radius 3 is 2.43 bits per heavy atom. The van der Waals surface area contributed by atoms with Crippen LogP contribution in [-0.2, 0) is 6.18 Å². The summed E-state index contributed by atoms with van der Waals surface area (Å²) in [4.78, 5) is 22.2. The van der Waals surface area contributed by atoms with Crippen LogP contribution in [0.2, 0.25) is 5.02 Å². The maximum absolute atomic E-state index is 12.7. The predicted octanol–water partition coefficient (Wildman–Crippen LogP) is 4.52. The molecule has 0 aliphatic heterocycles. The average Bonchev–Trinajstić information content (AvgIpc) is 2.45. The highest BCUT2D eigenvalue weighted by Crippen LogP contribution is 2.33. The molecule has 5 nitrogen and oxygen atoms in total. The van der Waals surface area contributed by atoms with E-state index in [2.05, 4.69) is 5.32 Å². The van der Waals surface area contributed by atoms with E-state index in [0.717, 1.165) is 12.1 Å². The zero-order valence-corrected chi connectivity index (χ0v) is 12.0. The molecule has 0 atom stereocenters. The second-order valence-electron chi connectivity index (χ2n) is 4.45. The van der Waals surface area contributed by atoms with Crippen molar-refractivity contribution in [1.29, 1.82) is 0 Å². The van der Waals surface area contributed by atoms with Crippen LogP contribution in [0.15, 0.2) is 42.5 Å². The summed E-state index contributed by atoms with van der Waals surface area (Å²) in [6, 6.07) is 7.61. The Balaban J connectivity index is 2.35. The number of amides is 1. The van der Waals surface area contributed by atoms with Crippen molar-refractivity contribution in [3.05, 3.63) is 68.7 Å². The normalized spacial score (nSPS) is 11.1. The number of carbonyl (C=O) groups is 1. The van der Waals surface area contributed by atoms with Crippen molar-refractivity contribution in [1.82, 2.24) is 0 Å². The smallest absolute Gasteiger partial charge is 0.322 e. The fourth-order valence-corrected chi connectivity index (χ4v) is 2.08. The fraction of sp³-hybridized carbons (Fsp3) is 0.0714. The maximum atomic E-state index is 12.7. The van der Waals surface area contributed by atoms with E-state index < -0.39 is 28.3 Å². The summed E-state index contributed by atoms with van der Waals surface area (Å²) >= 11 is 5.61. The van der Waals surface area contributed by atoms with Crippen LogP contribution in [-0.4, -0.2) is 10.8 Å². The van der Waals surface area contributed by atoms with E-state index in [0.29, 0.717) is 12.1 Å². The molecule has 0 aliphatic rings. The summed E-state index contributed by atoms with van der Waals surface area (Å²) in [6.45, 7) is 0. The van der Waals surface area contributed by atoms with E-state index in [9.17, 15) is 28.1 Å². The Kier molecular flexibility index (Phi) is 4.55. The van der Waals surface area contributed by atoms with Crippen molar-refractivity contribution < 1.29 is 22.9 Å². The minimum absolute atomic E-state index is 0.215. The van der Waals surface area contributed by atoms with E-state index in [-0.39, 0.29) is 16.3 Å². The molecule has 0 unspecified atom stereocenters. The van der Waals surface area contributed by atoms with Crippen LogP contribution < -0.4 is 5.32 Å². The number of nitrogens with zero attached hydrogens (tertiary/aromatic N) is 1. The van der Waals surface area contributed by atoms with Gasteiger partial charge in [0.25, 0.3) is 11.6 Å². The number of alkyl halides is 3. The Morgan fingerprint density at radius 2 is 1.83 bits per heavy atom. The Labute approximate surface area is 132 Å². The molecule has 0 saturated carbocycles. The molecule has 0 heterocycles. The molecule has 0 bridgehead atoms. The van der Waals surface area contributed by atoms with Gasteiger partial charge >= 0.3 is 6.18 Å². The molecule has 2 aromatic rings. The molecule has 0 fully saturated rings. The molecule has 0 aromatic heterocycles. The van der Waals surface area contributed by atoms with E-state index in [1.165, 1.54) is 18.2 Å². The molecular weight excluding hydrogens is 337 g/mol. The highest BCUT2D eigenvalue weighted by Gasteiger charge is 2.31. The van der Waals surface area contributed by atoms with Gasteiger partial charge in [0.05, 0.1) is 10.5 Å². The number of halogens is 4. The number of benzene rings is 2. The summed E-state index contributed by atoms with van der Waals surface area (Å²) in [5.74, 6) is -0.910. The lowest BCUT2D eigenvalue weighted by molar-refractivity contribution is -0.385. The number of rotatable bonds is 3. The van der Waals surface area contributed by atoms with Gasteiger partial charge in [-0.1, -0.05) is 23.7 Å². The van der Waals surface area contributed by atoms with Gasteiger partial charge in [0.2, 0.25) is 0 Å². The highest BCUT2D eigenvalue weighted by molar-refractivity contribution is 6.31. The Hall–Kier alpha value is -2.61. The first-order chi connectivity index (χ1) is 10.7. The molecule has 0 radical (unpaired) electrons. The summed E-state index contributed by atoms with van der Waals surface area (Å²) < 4.78 is 38.2. The number of hydrogen-bond acceptors (Lipinski definition) is 3. The minimum Gasteiger partial charge on any atom is -0.322 e. The molecule has 1 amide bonds. The predicted molar refractivity (Wildman–Crippen MR) is 77.5 cm³/mol. The van der Waals surface area contributed by atoms with Gasteiger partial charge in [-0.05, 0) is 24.3 Å². The van der Waals surface area contributed by atoms with Gasteiger partial charge in [-0.2, -0.15) is 13.2 Å². The minimum atomic E-state index is -4.64. The molecule has 23 heavy (non-hydrogen) atoms. The molecule has 0 spiro atoms. The topological polar surface area (TPSA) is 72.2 Å². The lowest BCUT2D eigenvalue weighted by Crippen LogP contribution is -2.15. The van der Waals surface area contributed by atoms with E-state index >= 15 is 0 Å². The lowest BCUT2D eigenvalue weighted by Gasteiger charge is -2.11. The van der Waals surface area contributed by atoms with Gasteiger partial charge in [-0.15, -0.1) is 0 Å². The second kappa shape index (κ2) is 6.25. The van der Waals surface area contributed by atoms with Gasteiger partial charge in [0.1, 0.15) is 5.56 Å². The number of nitrogens with one attached hydrogen (secondary N) is 1. The van der Waals surface area contributed by atoms with Gasteiger partial charge in [-0.25, -0.2) is 0 Å². The molecule has 2 rings (SSSR count). The first-order valence-electron chi connectivity index (χ1n) is 6.11. The molecule has 2 aromatic carbocycles. The zero-order chi connectivity index (χ0) is 17.2. The van der Waals surface area contributed by atoms with Crippen LogP contribution in [0.1, 0.15) is 15.9 Å². The molecule has 120 valence electrons. The number of nitro benzene ring substituents is 1. The van der Waals surface area contributed by atoms with Crippen molar-refractivity contribution in [3.8, 4) is 0 Å². The van der Waals surface area contributed by atoms with Crippen LogP contribution >= 0.6 is 11.6 Å². The molecular formula is C14H8ClF3N2O3. The van der Waals surface area contributed by atoms with Crippen molar-refractivity contribution in [2.45, 2.75) is 6.18 Å². The summed E-state index contributed by atoms with van der Waals surface area (Å²) in [5.41, 5.74) is -1.98. The first kappa shape index (κ1) is 16.8. The van der Waals surface area contributed by atoms with Crippen LogP contribution in [0.4, 0.5) is 24.5 Å². The number of nitro groups is 1. The quantitative estimate of drug-likeness (QED) is 0.657. The van der Waals surface area contributed by atoms with E-state index in [1.54, 1.807) is 0 Å². The third-order valence-corrected chi connectivity index (χ3v) is 3.05. The third kappa shape index (κ3) is 3.98. The maximum Gasteiger partial charge on any atom is 0.416 e. The number of anilines is 1. The fourth-order valence-electron chi connectivity index (χ4n) is 1.85. The summed E-state index contributed by atoms with van der Waals surface area (Å²) in [6.07, 6.45) is -4.64. The van der Waals surface area contributed by atoms with Crippen LogP contribution in [0.3, 0.4) is 0 Å². The number of hydrogen-bond donors (Lipinski definition) is 1. The zero-order valence-electron chi connectivity index (χ0n) is 11.2. The average molecular weight is 345 g/mol. The van der Waals surface area contributed by atoms with Crippen molar-refractivity contribution >= 4 is 28.9 Å². The van der Waals surface area contributed by atoms with Crippen LogP contribution in [0.5, 0.6) is 0 Å². The molecule has 0 saturated heterocycles. The highest BCUT2D eigenvalue weighted by atomic mass is 35.5. The van der Waals surface area contributed by atoms with E-state index in [1.807, 2.05) is 0 Å². The van der Waals surface area contributed by atoms with Crippen LogP contribution in [0, 0.1) is 10.1 Å². The number of carbonyl (C=O) groups excluding carboxylic acids is 1. The SMILES string of the molecule is O=C(Nc1cc(Cl)cc(C(F)(F)F)c1)c1ccccc1[N+](=O)[O-]. The Morgan fingerprint density at radius 1 is 1.17 bits per heavy atom. The molecule has 0 aliphatic carbocycles. The number of para-hydroxylation sites is 1. The third-order valence-electron chi connectivity index (χ3n) is 2.83. The first-order valence-corrected chi connectivity index (χ1v) is 6.49. The van der Waals surface area contributed by atoms with Gasteiger partial charge < -0.3 is 5.32 Å².